The summed E-state index contributed by atoms with van der Waals surface area (Å²) in [6.07, 6.45) is 5.90. The Hall–Kier alpha value is -3.19. The number of hydrogen-bond donors (Lipinski definition) is 1. The van der Waals surface area contributed by atoms with Gasteiger partial charge in [-0.2, -0.15) is 0 Å². The highest BCUT2D eigenvalue weighted by molar-refractivity contribution is 6.30. The van der Waals surface area contributed by atoms with Crippen molar-refractivity contribution in [3.63, 3.8) is 0 Å². The molecule has 3 aromatic rings. The predicted molar refractivity (Wildman–Crippen MR) is 117 cm³/mol. The normalized spacial score (nSPS) is 15.2. The molecule has 1 N–H and O–H groups in total. The van der Waals surface area contributed by atoms with Crippen molar-refractivity contribution in [2.45, 2.75) is 32.2 Å². The molecule has 1 amide bonds. The molecule has 1 aromatic heterocycles. The smallest absolute Gasteiger partial charge is 0.255 e. The minimum absolute atomic E-state index is 0.0891. The quantitative estimate of drug-likeness (QED) is 0.632. The van der Waals surface area contributed by atoms with Gasteiger partial charge in [-0.05, 0) is 55.3 Å². The van der Waals surface area contributed by atoms with Crippen molar-refractivity contribution in [3.8, 4) is 17.1 Å². The zero-order chi connectivity index (χ0) is 21.4. The lowest BCUT2D eigenvalue weighted by Gasteiger charge is -2.18. The van der Waals surface area contributed by atoms with Crippen LogP contribution in [0.1, 0.15) is 30.7 Å². The second kappa shape index (κ2) is 8.15. The molecule has 0 unspecified atom stereocenters. The molecule has 2 aromatic carbocycles. The summed E-state index contributed by atoms with van der Waals surface area (Å²) in [6.45, 7) is 0.933. The van der Waals surface area contributed by atoms with Crippen LogP contribution in [0.25, 0.3) is 17.5 Å². The summed E-state index contributed by atoms with van der Waals surface area (Å²) in [5.41, 5.74) is 1.90. The molecule has 0 fully saturated rings. The van der Waals surface area contributed by atoms with E-state index in [-0.39, 0.29) is 12.3 Å². The zero-order valence-corrected chi connectivity index (χ0v) is 17.5. The van der Waals surface area contributed by atoms with Gasteiger partial charge in [0.05, 0.1) is 11.3 Å². The van der Waals surface area contributed by atoms with Crippen LogP contribution in [0.2, 0.25) is 5.02 Å². The molecule has 0 saturated carbocycles. The Morgan fingerprint density at radius 2 is 2.03 bits per heavy atom. The number of fused-ring (bicyclic) bond motifs is 2. The summed E-state index contributed by atoms with van der Waals surface area (Å²) in [4.78, 5) is 12.8. The Kier molecular flexibility index (Phi) is 5.19. The summed E-state index contributed by atoms with van der Waals surface area (Å²) < 4.78 is 22.2. The molecule has 3 heterocycles. The highest BCUT2D eigenvalue weighted by Crippen LogP contribution is 2.30. The average molecular weight is 439 g/mol. The SMILES string of the molecule is O=C(Nc1cc(-c2nnc3n2CCCCC3)ccc1F)C1=Cc2cc(Cl)ccc2OC1. The van der Waals surface area contributed by atoms with Gasteiger partial charge >= 0.3 is 0 Å². The van der Waals surface area contributed by atoms with Gasteiger partial charge in [-0.1, -0.05) is 18.0 Å². The average Bonchev–Trinajstić information content (AvgIpc) is 3.02. The fraction of sp³-hybridized carbons (Fsp3) is 0.261. The summed E-state index contributed by atoms with van der Waals surface area (Å²) in [7, 11) is 0. The van der Waals surface area contributed by atoms with Gasteiger partial charge < -0.3 is 14.6 Å². The standard InChI is InChI=1S/C23H20ClFN4O2/c24-17-6-8-20-15(11-17)10-16(13-31-20)23(30)26-19-12-14(5-7-18(19)25)22-28-27-21-4-2-1-3-9-29(21)22/h5-8,10-12H,1-4,9,13H2,(H,26,30). The lowest BCUT2D eigenvalue weighted by atomic mass is 10.1. The van der Waals surface area contributed by atoms with Crippen LogP contribution in [-0.4, -0.2) is 27.3 Å². The Morgan fingerprint density at radius 3 is 2.94 bits per heavy atom. The van der Waals surface area contributed by atoms with Crippen molar-refractivity contribution >= 4 is 29.3 Å². The third kappa shape index (κ3) is 3.93. The number of hydrogen-bond acceptors (Lipinski definition) is 4. The fourth-order valence-corrected chi connectivity index (χ4v) is 4.12. The van der Waals surface area contributed by atoms with E-state index in [9.17, 15) is 9.18 Å². The number of aryl methyl sites for hydroxylation is 1. The third-order valence-corrected chi connectivity index (χ3v) is 5.79. The maximum Gasteiger partial charge on any atom is 0.255 e. The summed E-state index contributed by atoms with van der Waals surface area (Å²) in [5.74, 6) is 1.34. The van der Waals surface area contributed by atoms with Crippen molar-refractivity contribution < 1.29 is 13.9 Å². The number of amides is 1. The van der Waals surface area contributed by atoms with E-state index in [1.807, 2.05) is 0 Å². The molecule has 2 aliphatic rings. The summed E-state index contributed by atoms with van der Waals surface area (Å²) >= 11 is 6.03. The number of ether oxygens (including phenoxy) is 1. The predicted octanol–water partition coefficient (Wildman–Crippen LogP) is 4.88. The van der Waals surface area contributed by atoms with Gasteiger partial charge in [0.25, 0.3) is 5.91 Å². The van der Waals surface area contributed by atoms with Gasteiger partial charge in [-0.25, -0.2) is 4.39 Å². The molecule has 0 radical (unpaired) electrons. The first-order valence-electron chi connectivity index (χ1n) is 10.2. The highest BCUT2D eigenvalue weighted by Gasteiger charge is 2.21. The molecule has 6 nitrogen and oxygen atoms in total. The van der Waals surface area contributed by atoms with E-state index >= 15 is 0 Å². The number of carbonyl (C=O) groups is 1. The number of nitrogens with zero attached hydrogens (tertiary/aromatic N) is 3. The Bertz CT molecular complexity index is 1200. The van der Waals surface area contributed by atoms with Crippen LogP contribution < -0.4 is 10.1 Å². The Labute approximate surface area is 183 Å². The Morgan fingerprint density at radius 1 is 1.13 bits per heavy atom. The molecule has 158 valence electrons. The topological polar surface area (TPSA) is 69.0 Å². The van der Waals surface area contributed by atoms with Crippen molar-refractivity contribution in [2.24, 2.45) is 0 Å². The minimum atomic E-state index is -0.520. The van der Waals surface area contributed by atoms with Gasteiger partial charge in [0.2, 0.25) is 0 Å². The van der Waals surface area contributed by atoms with E-state index in [4.69, 9.17) is 16.3 Å². The first-order valence-corrected chi connectivity index (χ1v) is 10.6. The van der Waals surface area contributed by atoms with Crippen molar-refractivity contribution in [1.29, 1.82) is 0 Å². The van der Waals surface area contributed by atoms with Crippen LogP contribution in [0.4, 0.5) is 10.1 Å². The maximum atomic E-state index is 14.5. The maximum absolute atomic E-state index is 14.5. The monoisotopic (exact) mass is 438 g/mol. The second-order valence-corrected chi connectivity index (χ2v) is 8.13. The lowest BCUT2D eigenvalue weighted by Crippen LogP contribution is -2.21. The second-order valence-electron chi connectivity index (χ2n) is 7.69. The summed E-state index contributed by atoms with van der Waals surface area (Å²) in [5, 5.41) is 11.8. The van der Waals surface area contributed by atoms with Gasteiger partial charge in [-0.3, -0.25) is 4.79 Å². The molecule has 0 saturated heterocycles. The lowest BCUT2D eigenvalue weighted by molar-refractivity contribution is -0.113. The van der Waals surface area contributed by atoms with Crippen molar-refractivity contribution in [1.82, 2.24) is 14.8 Å². The number of nitrogens with one attached hydrogen (secondary N) is 1. The van der Waals surface area contributed by atoms with Crippen LogP contribution in [0.5, 0.6) is 5.75 Å². The molecule has 5 rings (SSSR count). The third-order valence-electron chi connectivity index (χ3n) is 5.56. The van der Waals surface area contributed by atoms with E-state index in [0.29, 0.717) is 33.3 Å². The molecular weight excluding hydrogens is 419 g/mol. The number of halogens is 2. The number of rotatable bonds is 3. The van der Waals surface area contributed by atoms with Crippen molar-refractivity contribution in [3.05, 3.63) is 64.2 Å². The number of anilines is 1. The van der Waals surface area contributed by atoms with Crippen LogP contribution in [0, 0.1) is 5.82 Å². The highest BCUT2D eigenvalue weighted by atomic mass is 35.5. The van der Waals surface area contributed by atoms with Crippen LogP contribution in [0.3, 0.4) is 0 Å². The molecule has 31 heavy (non-hydrogen) atoms. The van der Waals surface area contributed by atoms with E-state index in [0.717, 1.165) is 38.1 Å². The fourth-order valence-electron chi connectivity index (χ4n) is 3.94. The van der Waals surface area contributed by atoms with Crippen LogP contribution in [0.15, 0.2) is 42.0 Å². The Balaban J connectivity index is 1.42. The van der Waals surface area contributed by atoms with E-state index in [1.54, 1.807) is 36.4 Å². The molecule has 0 aliphatic carbocycles. The molecule has 0 spiro atoms. The largest absolute Gasteiger partial charge is 0.488 e. The van der Waals surface area contributed by atoms with Crippen LogP contribution >= 0.6 is 11.6 Å². The molecular formula is C23H20ClFN4O2. The van der Waals surface area contributed by atoms with E-state index in [1.165, 1.54) is 6.07 Å². The first-order chi connectivity index (χ1) is 15.1. The van der Waals surface area contributed by atoms with Crippen LogP contribution in [-0.2, 0) is 17.8 Å². The van der Waals surface area contributed by atoms with E-state index in [2.05, 4.69) is 20.1 Å². The minimum Gasteiger partial charge on any atom is -0.488 e. The molecule has 2 aliphatic heterocycles. The van der Waals surface area contributed by atoms with Crippen molar-refractivity contribution in [2.75, 3.05) is 11.9 Å². The molecule has 8 heteroatoms. The number of aromatic nitrogens is 3. The van der Waals surface area contributed by atoms with E-state index < -0.39 is 11.7 Å². The number of benzene rings is 2. The molecule has 0 bridgehead atoms. The zero-order valence-electron chi connectivity index (χ0n) is 16.7. The van der Waals surface area contributed by atoms with Gasteiger partial charge in [0.1, 0.15) is 24.0 Å². The van der Waals surface area contributed by atoms with Gasteiger partial charge in [0, 0.05) is 29.1 Å². The molecule has 0 atom stereocenters. The van der Waals surface area contributed by atoms with Gasteiger partial charge in [0.15, 0.2) is 5.82 Å². The summed E-state index contributed by atoms with van der Waals surface area (Å²) in [6, 6.07) is 9.81. The number of carbonyl (C=O) groups excluding carboxylic acids is 1. The van der Waals surface area contributed by atoms with Gasteiger partial charge in [-0.15, -0.1) is 10.2 Å². The first kappa shape index (κ1) is 19.8.